The van der Waals surface area contributed by atoms with Crippen LogP contribution in [0.5, 0.6) is 11.5 Å². The highest BCUT2D eigenvalue weighted by Crippen LogP contribution is 2.46. The number of hydrogen-bond donors (Lipinski definition) is 1. The maximum Gasteiger partial charge on any atom is 0.340 e. The molecule has 5 rings (SSSR count). The molecule has 1 N–H and O–H groups in total. The number of ether oxygens (including phenoxy) is 3. The summed E-state index contributed by atoms with van der Waals surface area (Å²) in [4.78, 5) is 42.7. The predicted octanol–water partition coefficient (Wildman–Crippen LogP) is 6.00. The number of rotatable bonds is 8. The van der Waals surface area contributed by atoms with Crippen molar-refractivity contribution in [1.29, 1.82) is 0 Å². The molecular weight excluding hydrogens is 520 g/mol. The van der Waals surface area contributed by atoms with Gasteiger partial charge in [0.25, 0.3) is 5.91 Å². The summed E-state index contributed by atoms with van der Waals surface area (Å²) in [5, 5.41) is 2.97. The smallest absolute Gasteiger partial charge is 0.340 e. The lowest BCUT2D eigenvalue weighted by Crippen LogP contribution is -2.46. The first-order valence-electron chi connectivity index (χ1n) is 13.2. The van der Waals surface area contributed by atoms with E-state index >= 15 is 0 Å². The van der Waals surface area contributed by atoms with Crippen molar-refractivity contribution in [2.75, 3.05) is 31.0 Å². The van der Waals surface area contributed by atoms with E-state index in [2.05, 4.69) is 5.32 Å². The zero-order valence-electron chi connectivity index (χ0n) is 23.0. The lowest BCUT2D eigenvalue weighted by molar-refractivity contribution is -0.118. The molecule has 2 atom stereocenters. The van der Waals surface area contributed by atoms with Gasteiger partial charge in [-0.3, -0.25) is 14.5 Å². The van der Waals surface area contributed by atoms with Gasteiger partial charge >= 0.3 is 5.97 Å². The SMILES string of the molecule is CCOC(=O)c1ccccc1NC(=O)C1c2ccccc2C(=O)N(c2ccc(OC)cc2)C1c1ccc(OC)cc1. The average molecular weight is 551 g/mol. The van der Waals surface area contributed by atoms with Crippen LogP contribution in [0.4, 0.5) is 11.4 Å². The van der Waals surface area contributed by atoms with Crippen LogP contribution in [-0.2, 0) is 9.53 Å². The number of benzene rings is 4. The molecule has 0 spiro atoms. The summed E-state index contributed by atoms with van der Waals surface area (Å²) >= 11 is 0. The van der Waals surface area contributed by atoms with Crippen LogP contribution in [0.1, 0.15) is 50.7 Å². The molecular formula is C33H30N2O6. The van der Waals surface area contributed by atoms with Gasteiger partial charge in [-0.05, 0) is 72.6 Å². The lowest BCUT2D eigenvalue weighted by atomic mass is 9.78. The Hall–Kier alpha value is -5.11. The quantitative estimate of drug-likeness (QED) is 0.270. The van der Waals surface area contributed by atoms with Crippen molar-refractivity contribution in [1.82, 2.24) is 0 Å². The summed E-state index contributed by atoms with van der Waals surface area (Å²) < 4.78 is 15.9. The molecule has 8 heteroatoms. The zero-order chi connectivity index (χ0) is 28.9. The Morgan fingerprint density at radius 3 is 2.07 bits per heavy atom. The standard InChI is InChI=1S/C33H30N2O6/c1-4-41-33(38)27-11-7-8-12-28(27)34-31(36)29-25-9-5-6-10-26(25)32(37)35(22-15-19-24(40-3)20-16-22)30(29)21-13-17-23(39-2)18-14-21/h5-20,29-30H,4H2,1-3H3,(H,34,36). The maximum atomic E-state index is 14.3. The second-order valence-corrected chi connectivity index (χ2v) is 9.41. The summed E-state index contributed by atoms with van der Waals surface area (Å²) in [7, 11) is 3.16. The number of carbonyl (C=O) groups excluding carboxylic acids is 3. The molecule has 0 radical (unpaired) electrons. The Balaban J connectivity index is 1.66. The van der Waals surface area contributed by atoms with E-state index < -0.39 is 17.9 Å². The second kappa shape index (κ2) is 12.0. The molecule has 1 heterocycles. The van der Waals surface area contributed by atoms with Gasteiger partial charge < -0.3 is 19.5 Å². The molecule has 0 saturated heterocycles. The normalized spacial score (nSPS) is 16.0. The number of carbonyl (C=O) groups is 3. The predicted molar refractivity (Wildman–Crippen MR) is 156 cm³/mol. The van der Waals surface area contributed by atoms with E-state index in [1.54, 1.807) is 105 Å². The molecule has 41 heavy (non-hydrogen) atoms. The minimum atomic E-state index is -0.824. The van der Waals surface area contributed by atoms with Gasteiger partial charge in [0.05, 0.1) is 44.0 Å². The van der Waals surface area contributed by atoms with Gasteiger partial charge in [0.2, 0.25) is 5.91 Å². The Morgan fingerprint density at radius 2 is 1.41 bits per heavy atom. The van der Waals surface area contributed by atoms with Crippen LogP contribution >= 0.6 is 0 Å². The summed E-state index contributed by atoms with van der Waals surface area (Å²) in [5.74, 6) is -0.673. The van der Waals surface area contributed by atoms with Crippen LogP contribution in [0.15, 0.2) is 97.1 Å². The second-order valence-electron chi connectivity index (χ2n) is 9.41. The van der Waals surface area contributed by atoms with Crippen molar-refractivity contribution in [3.05, 3.63) is 119 Å². The molecule has 0 bridgehead atoms. The summed E-state index contributed by atoms with van der Waals surface area (Å²) in [6, 6.07) is 27.6. The molecule has 4 aromatic carbocycles. The topological polar surface area (TPSA) is 94.2 Å². The minimum absolute atomic E-state index is 0.204. The van der Waals surface area contributed by atoms with Gasteiger partial charge in [0.15, 0.2) is 0 Å². The first-order chi connectivity index (χ1) is 20.0. The lowest BCUT2D eigenvalue weighted by Gasteiger charge is -2.42. The highest BCUT2D eigenvalue weighted by Gasteiger charge is 2.45. The van der Waals surface area contributed by atoms with Gasteiger partial charge in [-0.2, -0.15) is 0 Å². The number of esters is 1. The molecule has 2 unspecified atom stereocenters. The van der Waals surface area contributed by atoms with Gasteiger partial charge in [-0.1, -0.05) is 42.5 Å². The fourth-order valence-electron chi connectivity index (χ4n) is 5.18. The van der Waals surface area contributed by atoms with Crippen LogP contribution in [-0.4, -0.2) is 38.6 Å². The molecule has 2 amide bonds. The Bertz CT molecular complexity index is 1570. The van der Waals surface area contributed by atoms with E-state index in [0.29, 0.717) is 34.0 Å². The number of anilines is 2. The van der Waals surface area contributed by atoms with E-state index in [1.165, 1.54) is 0 Å². The fourth-order valence-corrected chi connectivity index (χ4v) is 5.18. The van der Waals surface area contributed by atoms with Crippen molar-refractivity contribution >= 4 is 29.2 Å². The third kappa shape index (κ3) is 5.36. The number of para-hydroxylation sites is 1. The molecule has 0 aliphatic carbocycles. The number of nitrogens with one attached hydrogen (secondary N) is 1. The van der Waals surface area contributed by atoms with E-state index in [4.69, 9.17) is 14.2 Å². The Labute approximate surface area is 238 Å². The average Bonchev–Trinajstić information content (AvgIpc) is 3.01. The summed E-state index contributed by atoms with van der Waals surface area (Å²) in [6.07, 6.45) is 0. The minimum Gasteiger partial charge on any atom is -0.497 e. The molecule has 0 saturated carbocycles. The number of methoxy groups -OCH3 is 2. The van der Waals surface area contributed by atoms with Crippen molar-refractivity contribution in [2.24, 2.45) is 0 Å². The van der Waals surface area contributed by atoms with Crippen molar-refractivity contribution in [2.45, 2.75) is 18.9 Å². The first kappa shape index (κ1) is 27.5. The number of hydrogen-bond acceptors (Lipinski definition) is 6. The van der Waals surface area contributed by atoms with E-state index in [0.717, 1.165) is 5.56 Å². The van der Waals surface area contributed by atoms with E-state index in [-0.39, 0.29) is 24.0 Å². The largest absolute Gasteiger partial charge is 0.497 e. The third-order valence-corrected chi connectivity index (χ3v) is 7.11. The number of amides is 2. The van der Waals surface area contributed by atoms with Crippen LogP contribution < -0.4 is 19.7 Å². The third-order valence-electron chi connectivity index (χ3n) is 7.11. The number of nitrogens with zero attached hydrogens (tertiary/aromatic N) is 1. The van der Waals surface area contributed by atoms with Gasteiger partial charge in [0, 0.05) is 11.3 Å². The fraction of sp³-hybridized carbons (Fsp3) is 0.182. The molecule has 208 valence electrons. The monoisotopic (exact) mass is 550 g/mol. The van der Waals surface area contributed by atoms with Crippen LogP contribution in [0.2, 0.25) is 0 Å². The summed E-state index contributed by atoms with van der Waals surface area (Å²) in [6.45, 7) is 1.93. The van der Waals surface area contributed by atoms with Crippen molar-refractivity contribution in [3.8, 4) is 11.5 Å². The molecule has 0 aromatic heterocycles. The van der Waals surface area contributed by atoms with E-state index in [1.807, 2.05) is 18.2 Å². The Kier molecular flexibility index (Phi) is 8.01. The van der Waals surface area contributed by atoms with Crippen LogP contribution in [0, 0.1) is 0 Å². The number of fused-ring (bicyclic) bond motifs is 1. The van der Waals surface area contributed by atoms with Gasteiger partial charge in [0.1, 0.15) is 11.5 Å². The summed E-state index contributed by atoms with van der Waals surface area (Å²) in [5.41, 5.74) is 2.94. The van der Waals surface area contributed by atoms with E-state index in [9.17, 15) is 14.4 Å². The van der Waals surface area contributed by atoms with Gasteiger partial charge in [-0.15, -0.1) is 0 Å². The Morgan fingerprint density at radius 1 is 0.805 bits per heavy atom. The maximum absolute atomic E-state index is 14.3. The highest BCUT2D eigenvalue weighted by molar-refractivity contribution is 6.13. The molecule has 4 aromatic rings. The first-order valence-corrected chi connectivity index (χ1v) is 13.2. The van der Waals surface area contributed by atoms with Gasteiger partial charge in [-0.25, -0.2) is 4.79 Å². The van der Waals surface area contributed by atoms with Crippen LogP contribution in [0.25, 0.3) is 0 Å². The molecule has 8 nitrogen and oxygen atoms in total. The zero-order valence-corrected chi connectivity index (χ0v) is 23.0. The molecule has 1 aliphatic heterocycles. The molecule has 1 aliphatic rings. The van der Waals surface area contributed by atoms with Crippen molar-refractivity contribution < 1.29 is 28.6 Å². The van der Waals surface area contributed by atoms with Crippen LogP contribution in [0.3, 0.4) is 0 Å². The van der Waals surface area contributed by atoms with Crippen molar-refractivity contribution in [3.63, 3.8) is 0 Å². The highest BCUT2D eigenvalue weighted by atomic mass is 16.5. The molecule has 0 fully saturated rings.